The molecule has 0 heterocycles. The molecule has 4 aliphatic carbocycles. The predicted molar refractivity (Wildman–Crippen MR) is 81.4 cm³/mol. The number of carbonyl (C=O) groups is 1. The molecule has 0 N–H and O–H groups in total. The van der Waals surface area contributed by atoms with E-state index >= 15 is 0 Å². The summed E-state index contributed by atoms with van der Waals surface area (Å²) in [6.45, 7) is 5.04. The fraction of sp³-hybridized carbons (Fsp3) is 0.947. The molecule has 1 heteroatoms. The minimum atomic E-state index is 0.440. The summed E-state index contributed by atoms with van der Waals surface area (Å²) in [5, 5.41) is 0. The summed E-state index contributed by atoms with van der Waals surface area (Å²) in [5.74, 6) is 3.28. The van der Waals surface area contributed by atoms with Gasteiger partial charge >= 0.3 is 0 Å². The first-order chi connectivity index (χ1) is 9.55. The lowest BCUT2D eigenvalue weighted by Gasteiger charge is -2.59. The van der Waals surface area contributed by atoms with E-state index in [1.165, 1.54) is 57.8 Å². The molecule has 0 aromatic heterocycles. The SMILES string of the molecule is C[C@]12CCC[C@@H]1[C@@H]1C(=O)C[C@H]3CCCC[C@@]3(C)[C@@H]1CC2. The molecule has 4 aliphatic rings. The lowest BCUT2D eigenvalue weighted by Crippen LogP contribution is -2.55. The Morgan fingerprint density at radius 2 is 1.75 bits per heavy atom. The van der Waals surface area contributed by atoms with Crippen molar-refractivity contribution in [2.75, 3.05) is 0 Å². The van der Waals surface area contributed by atoms with Gasteiger partial charge in [-0.3, -0.25) is 4.79 Å². The van der Waals surface area contributed by atoms with E-state index in [-0.39, 0.29) is 0 Å². The van der Waals surface area contributed by atoms with Gasteiger partial charge < -0.3 is 0 Å². The number of carbonyl (C=O) groups excluding carboxylic acids is 1. The monoisotopic (exact) mass is 274 g/mol. The molecule has 20 heavy (non-hydrogen) atoms. The Bertz CT molecular complexity index is 427. The first kappa shape index (κ1) is 13.3. The van der Waals surface area contributed by atoms with E-state index in [0.717, 1.165) is 24.2 Å². The Morgan fingerprint density at radius 1 is 0.900 bits per heavy atom. The van der Waals surface area contributed by atoms with Crippen LogP contribution in [-0.4, -0.2) is 5.78 Å². The van der Waals surface area contributed by atoms with Crippen LogP contribution in [-0.2, 0) is 4.79 Å². The highest BCUT2D eigenvalue weighted by Gasteiger charge is 2.59. The minimum Gasteiger partial charge on any atom is -0.299 e. The van der Waals surface area contributed by atoms with Crippen molar-refractivity contribution in [2.24, 2.45) is 34.5 Å². The van der Waals surface area contributed by atoms with Gasteiger partial charge in [0, 0.05) is 12.3 Å². The van der Waals surface area contributed by atoms with Crippen molar-refractivity contribution < 1.29 is 4.79 Å². The molecule has 0 radical (unpaired) electrons. The first-order valence-electron chi connectivity index (χ1n) is 9.07. The molecular weight excluding hydrogens is 244 g/mol. The summed E-state index contributed by atoms with van der Waals surface area (Å²) in [6.07, 6.45) is 13.3. The van der Waals surface area contributed by atoms with Crippen molar-refractivity contribution in [3.8, 4) is 0 Å². The standard InChI is InChI=1S/C19H30O/c1-18-9-5-7-14(18)17-15(8-11-18)19(2)10-4-3-6-13(19)12-16(17)20/h13-15,17H,3-12H2,1-2H3/t13-,14-,15-,17+,18-,19-/m1/s1. The van der Waals surface area contributed by atoms with E-state index in [4.69, 9.17) is 0 Å². The summed E-state index contributed by atoms with van der Waals surface area (Å²) >= 11 is 0. The summed E-state index contributed by atoms with van der Waals surface area (Å²) in [7, 11) is 0. The average Bonchev–Trinajstić information content (AvgIpc) is 2.81. The van der Waals surface area contributed by atoms with E-state index in [0.29, 0.717) is 22.5 Å². The molecule has 1 nitrogen and oxygen atoms in total. The third-order valence-corrected chi connectivity index (χ3v) is 8.17. The van der Waals surface area contributed by atoms with Crippen LogP contribution in [0.3, 0.4) is 0 Å². The first-order valence-corrected chi connectivity index (χ1v) is 9.07. The van der Waals surface area contributed by atoms with Crippen molar-refractivity contribution in [2.45, 2.75) is 78.1 Å². The second-order valence-corrected chi connectivity index (χ2v) is 8.94. The van der Waals surface area contributed by atoms with E-state index in [2.05, 4.69) is 13.8 Å². The van der Waals surface area contributed by atoms with Crippen LogP contribution in [0.1, 0.15) is 78.1 Å². The summed E-state index contributed by atoms with van der Waals surface area (Å²) in [4.78, 5) is 12.9. The number of ketones is 1. The zero-order chi connectivity index (χ0) is 14.0. The van der Waals surface area contributed by atoms with Gasteiger partial charge in [-0.25, -0.2) is 0 Å². The van der Waals surface area contributed by atoms with Crippen LogP contribution in [0.5, 0.6) is 0 Å². The smallest absolute Gasteiger partial charge is 0.136 e. The summed E-state index contributed by atoms with van der Waals surface area (Å²) in [6, 6.07) is 0. The summed E-state index contributed by atoms with van der Waals surface area (Å²) in [5.41, 5.74) is 1.01. The molecule has 0 aromatic rings. The molecule has 0 spiro atoms. The van der Waals surface area contributed by atoms with E-state index in [1.54, 1.807) is 0 Å². The molecule has 0 aliphatic heterocycles. The minimum absolute atomic E-state index is 0.440. The van der Waals surface area contributed by atoms with Gasteiger partial charge in [-0.15, -0.1) is 0 Å². The van der Waals surface area contributed by atoms with Crippen LogP contribution in [0, 0.1) is 34.5 Å². The van der Waals surface area contributed by atoms with Gasteiger partial charge in [0.2, 0.25) is 0 Å². The fourth-order valence-corrected chi connectivity index (χ4v) is 6.95. The van der Waals surface area contributed by atoms with Crippen molar-refractivity contribution >= 4 is 5.78 Å². The van der Waals surface area contributed by atoms with Gasteiger partial charge in [0.05, 0.1) is 0 Å². The van der Waals surface area contributed by atoms with Crippen LogP contribution >= 0.6 is 0 Å². The van der Waals surface area contributed by atoms with Crippen LogP contribution in [0.15, 0.2) is 0 Å². The molecule has 4 fully saturated rings. The van der Waals surface area contributed by atoms with Crippen molar-refractivity contribution in [1.82, 2.24) is 0 Å². The molecule has 0 aromatic carbocycles. The number of rotatable bonds is 0. The Hall–Kier alpha value is -0.330. The quantitative estimate of drug-likeness (QED) is 0.608. The predicted octanol–water partition coefficient (Wildman–Crippen LogP) is 4.99. The van der Waals surface area contributed by atoms with Crippen LogP contribution < -0.4 is 0 Å². The van der Waals surface area contributed by atoms with E-state index in [1.807, 2.05) is 0 Å². The van der Waals surface area contributed by atoms with Gasteiger partial charge in [-0.05, 0) is 67.1 Å². The Balaban J connectivity index is 1.71. The third-order valence-electron chi connectivity index (χ3n) is 8.17. The number of Topliss-reactive ketones (excluding diaryl/α,β-unsaturated/α-hetero) is 1. The number of hydrogen-bond acceptors (Lipinski definition) is 1. The average molecular weight is 274 g/mol. The highest BCUT2D eigenvalue weighted by Crippen LogP contribution is 2.65. The maximum atomic E-state index is 12.9. The van der Waals surface area contributed by atoms with Gasteiger partial charge in [-0.2, -0.15) is 0 Å². The topological polar surface area (TPSA) is 17.1 Å². The maximum absolute atomic E-state index is 12.9. The second kappa shape index (κ2) is 4.34. The summed E-state index contributed by atoms with van der Waals surface area (Å²) < 4.78 is 0. The molecule has 0 unspecified atom stereocenters. The van der Waals surface area contributed by atoms with Gasteiger partial charge in [0.1, 0.15) is 5.78 Å². The normalized spacial score (nSPS) is 55.0. The number of hydrogen-bond donors (Lipinski definition) is 0. The van der Waals surface area contributed by atoms with Crippen molar-refractivity contribution in [3.63, 3.8) is 0 Å². The van der Waals surface area contributed by atoms with Crippen molar-refractivity contribution in [3.05, 3.63) is 0 Å². The molecule has 0 bridgehead atoms. The van der Waals surface area contributed by atoms with Gasteiger partial charge in [-0.1, -0.05) is 33.1 Å². The van der Waals surface area contributed by atoms with Gasteiger partial charge in [0.25, 0.3) is 0 Å². The maximum Gasteiger partial charge on any atom is 0.136 e. The van der Waals surface area contributed by atoms with Crippen molar-refractivity contribution in [1.29, 1.82) is 0 Å². The van der Waals surface area contributed by atoms with E-state index < -0.39 is 0 Å². The molecule has 4 saturated carbocycles. The molecule has 0 saturated heterocycles. The zero-order valence-electron chi connectivity index (χ0n) is 13.3. The third kappa shape index (κ3) is 1.64. The molecule has 0 amide bonds. The van der Waals surface area contributed by atoms with Crippen LogP contribution in [0.25, 0.3) is 0 Å². The highest BCUT2D eigenvalue weighted by molar-refractivity contribution is 5.83. The Labute approximate surface area is 123 Å². The lowest BCUT2D eigenvalue weighted by atomic mass is 9.45. The fourth-order valence-electron chi connectivity index (χ4n) is 6.95. The molecule has 112 valence electrons. The highest BCUT2D eigenvalue weighted by atomic mass is 16.1. The Morgan fingerprint density at radius 3 is 2.60 bits per heavy atom. The number of fused-ring (bicyclic) bond motifs is 5. The molecular formula is C19H30O. The van der Waals surface area contributed by atoms with Crippen LogP contribution in [0.2, 0.25) is 0 Å². The molecule has 6 atom stereocenters. The van der Waals surface area contributed by atoms with Gasteiger partial charge in [0.15, 0.2) is 0 Å². The second-order valence-electron chi connectivity index (χ2n) is 8.94. The zero-order valence-corrected chi connectivity index (χ0v) is 13.3. The lowest BCUT2D eigenvalue weighted by molar-refractivity contribution is -0.153. The molecule has 4 rings (SSSR count). The largest absolute Gasteiger partial charge is 0.299 e. The van der Waals surface area contributed by atoms with E-state index in [9.17, 15) is 4.79 Å². The Kier molecular flexibility index (Phi) is 2.89. The van der Waals surface area contributed by atoms with Crippen LogP contribution in [0.4, 0.5) is 0 Å².